The quantitative estimate of drug-likeness (QED) is 0.733. The SMILES string of the molecule is c1ccc(P2CCP(c3ccccc3)CC2)cc1. The normalized spacial score (nSPS) is 23.8. The van der Waals surface area contributed by atoms with Gasteiger partial charge in [0.25, 0.3) is 0 Å². The Bertz CT molecular complexity index is 425. The van der Waals surface area contributed by atoms with Crippen molar-refractivity contribution in [2.24, 2.45) is 0 Å². The maximum Gasteiger partial charge on any atom is -0.0240 e. The predicted octanol–water partition coefficient (Wildman–Crippen LogP) is 3.61. The molecule has 0 bridgehead atoms. The summed E-state index contributed by atoms with van der Waals surface area (Å²) >= 11 is 0. The van der Waals surface area contributed by atoms with E-state index >= 15 is 0 Å². The van der Waals surface area contributed by atoms with Crippen LogP contribution in [0.5, 0.6) is 0 Å². The number of hydrogen-bond acceptors (Lipinski definition) is 0. The van der Waals surface area contributed by atoms with Gasteiger partial charge in [0, 0.05) is 0 Å². The van der Waals surface area contributed by atoms with Crippen molar-refractivity contribution >= 4 is 26.5 Å². The first-order valence-corrected chi connectivity index (χ1v) is 9.96. The van der Waals surface area contributed by atoms with E-state index in [9.17, 15) is 0 Å². The zero-order valence-electron chi connectivity index (χ0n) is 10.5. The highest BCUT2D eigenvalue weighted by Crippen LogP contribution is 2.49. The van der Waals surface area contributed by atoms with Gasteiger partial charge in [-0.1, -0.05) is 76.5 Å². The molecule has 0 atom stereocenters. The van der Waals surface area contributed by atoms with Crippen LogP contribution < -0.4 is 10.6 Å². The molecule has 0 saturated carbocycles. The van der Waals surface area contributed by atoms with Gasteiger partial charge in [0.15, 0.2) is 0 Å². The second kappa shape index (κ2) is 5.96. The van der Waals surface area contributed by atoms with Crippen molar-refractivity contribution in [3.8, 4) is 0 Å². The van der Waals surface area contributed by atoms with Crippen LogP contribution in [-0.4, -0.2) is 24.6 Å². The van der Waals surface area contributed by atoms with Crippen molar-refractivity contribution in [2.45, 2.75) is 0 Å². The fraction of sp³-hybridized carbons (Fsp3) is 0.250. The van der Waals surface area contributed by atoms with Crippen molar-refractivity contribution in [3.63, 3.8) is 0 Å². The molecule has 0 spiro atoms. The van der Waals surface area contributed by atoms with Crippen LogP contribution in [0.1, 0.15) is 0 Å². The fourth-order valence-corrected chi connectivity index (χ4v) is 9.03. The Hall–Kier alpha value is -0.700. The van der Waals surface area contributed by atoms with E-state index in [1.54, 1.807) is 10.6 Å². The van der Waals surface area contributed by atoms with Gasteiger partial charge < -0.3 is 0 Å². The average Bonchev–Trinajstić information content (AvgIpc) is 2.49. The zero-order chi connectivity index (χ0) is 12.2. The minimum atomic E-state index is 0.132. The largest absolute Gasteiger partial charge is 0.0746 e. The maximum absolute atomic E-state index is 2.32. The molecule has 0 aliphatic carbocycles. The second-order valence-corrected chi connectivity index (χ2v) is 9.63. The molecule has 1 saturated heterocycles. The van der Waals surface area contributed by atoms with Crippen molar-refractivity contribution < 1.29 is 0 Å². The van der Waals surface area contributed by atoms with E-state index in [0.29, 0.717) is 0 Å². The van der Waals surface area contributed by atoms with Crippen LogP contribution >= 0.6 is 15.8 Å². The third kappa shape index (κ3) is 2.82. The average molecular weight is 272 g/mol. The first-order valence-electron chi connectivity index (χ1n) is 6.53. The van der Waals surface area contributed by atoms with Crippen molar-refractivity contribution in [1.29, 1.82) is 0 Å². The Kier molecular flexibility index (Phi) is 4.09. The number of hydrogen-bond donors (Lipinski definition) is 0. The van der Waals surface area contributed by atoms with Gasteiger partial charge in [0.05, 0.1) is 0 Å². The molecule has 0 amide bonds. The Balaban J connectivity index is 1.65. The van der Waals surface area contributed by atoms with Gasteiger partial charge >= 0.3 is 0 Å². The molecule has 92 valence electrons. The van der Waals surface area contributed by atoms with Gasteiger partial charge in [-0.25, -0.2) is 0 Å². The van der Waals surface area contributed by atoms with Crippen molar-refractivity contribution in [1.82, 2.24) is 0 Å². The van der Waals surface area contributed by atoms with Crippen LogP contribution in [0, 0.1) is 0 Å². The lowest BCUT2D eigenvalue weighted by molar-refractivity contribution is 1.35. The van der Waals surface area contributed by atoms with E-state index < -0.39 is 0 Å². The van der Waals surface area contributed by atoms with Crippen molar-refractivity contribution in [3.05, 3.63) is 60.7 Å². The lowest BCUT2D eigenvalue weighted by atomic mass is 10.4. The lowest BCUT2D eigenvalue weighted by Gasteiger charge is -2.29. The number of rotatable bonds is 2. The third-order valence-electron chi connectivity index (χ3n) is 3.52. The van der Waals surface area contributed by atoms with E-state index in [1.807, 2.05) is 0 Å². The van der Waals surface area contributed by atoms with E-state index in [-0.39, 0.29) is 15.8 Å². The summed E-state index contributed by atoms with van der Waals surface area (Å²) in [6.45, 7) is 0. The van der Waals surface area contributed by atoms with E-state index in [1.165, 1.54) is 24.6 Å². The Morgan fingerprint density at radius 1 is 0.500 bits per heavy atom. The molecular formula is C16H18P2. The molecule has 18 heavy (non-hydrogen) atoms. The standard InChI is InChI=1S/C16H18P2/c1-3-7-15(8-4-1)17-11-13-18(14-12-17)16-9-5-2-6-10-16/h1-10H,11-14H2. The Morgan fingerprint density at radius 2 is 0.833 bits per heavy atom. The molecule has 0 nitrogen and oxygen atoms in total. The summed E-state index contributed by atoms with van der Waals surface area (Å²) in [7, 11) is 0.265. The summed E-state index contributed by atoms with van der Waals surface area (Å²) in [5, 5.41) is 3.21. The summed E-state index contributed by atoms with van der Waals surface area (Å²) in [5.41, 5.74) is 0. The molecule has 2 aromatic carbocycles. The van der Waals surface area contributed by atoms with Gasteiger partial charge in [-0.2, -0.15) is 0 Å². The molecule has 0 unspecified atom stereocenters. The lowest BCUT2D eigenvalue weighted by Crippen LogP contribution is -2.19. The summed E-state index contributed by atoms with van der Waals surface area (Å²) < 4.78 is 0. The maximum atomic E-state index is 2.32. The summed E-state index contributed by atoms with van der Waals surface area (Å²) in [4.78, 5) is 0. The van der Waals surface area contributed by atoms with Gasteiger partial charge in [-0.3, -0.25) is 0 Å². The minimum absolute atomic E-state index is 0.132. The number of benzene rings is 2. The smallest absolute Gasteiger partial charge is 0.0240 e. The monoisotopic (exact) mass is 272 g/mol. The third-order valence-corrected chi connectivity index (χ3v) is 9.34. The molecule has 2 aromatic rings. The topological polar surface area (TPSA) is 0 Å². The summed E-state index contributed by atoms with van der Waals surface area (Å²) in [5.74, 6) is 0. The predicted molar refractivity (Wildman–Crippen MR) is 85.5 cm³/mol. The van der Waals surface area contributed by atoms with Crippen LogP contribution in [0.2, 0.25) is 0 Å². The first kappa shape index (κ1) is 12.3. The summed E-state index contributed by atoms with van der Waals surface area (Å²) in [6, 6.07) is 22.3. The van der Waals surface area contributed by atoms with Crippen molar-refractivity contribution in [2.75, 3.05) is 24.6 Å². The summed E-state index contributed by atoms with van der Waals surface area (Å²) in [6.07, 6.45) is 5.72. The molecule has 3 rings (SSSR count). The molecule has 0 aromatic heterocycles. The molecule has 0 N–H and O–H groups in total. The highest BCUT2D eigenvalue weighted by molar-refractivity contribution is 7.73. The van der Waals surface area contributed by atoms with E-state index in [0.717, 1.165) is 0 Å². The molecule has 0 radical (unpaired) electrons. The van der Waals surface area contributed by atoms with Crippen LogP contribution in [0.25, 0.3) is 0 Å². The van der Waals surface area contributed by atoms with E-state index in [4.69, 9.17) is 0 Å². The van der Waals surface area contributed by atoms with Crippen LogP contribution in [0.4, 0.5) is 0 Å². The fourth-order valence-electron chi connectivity index (χ4n) is 2.50. The minimum Gasteiger partial charge on any atom is -0.0746 e. The van der Waals surface area contributed by atoms with Crippen LogP contribution in [-0.2, 0) is 0 Å². The first-order chi connectivity index (χ1) is 8.93. The van der Waals surface area contributed by atoms with Crippen LogP contribution in [0.15, 0.2) is 60.7 Å². The van der Waals surface area contributed by atoms with Gasteiger partial charge in [0.2, 0.25) is 0 Å². The molecule has 1 heterocycles. The molecule has 2 heteroatoms. The zero-order valence-corrected chi connectivity index (χ0v) is 12.3. The Morgan fingerprint density at radius 3 is 1.17 bits per heavy atom. The van der Waals surface area contributed by atoms with E-state index in [2.05, 4.69) is 60.7 Å². The van der Waals surface area contributed by atoms with Crippen LogP contribution in [0.3, 0.4) is 0 Å². The highest BCUT2D eigenvalue weighted by Gasteiger charge is 2.22. The molecule has 1 aliphatic heterocycles. The van der Waals surface area contributed by atoms with Gasteiger partial charge in [-0.05, 0) is 35.3 Å². The van der Waals surface area contributed by atoms with Gasteiger partial charge in [0.1, 0.15) is 0 Å². The molecular weight excluding hydrogens is 254 g/mol. The second-order valence-electron chi connectivity index (χ2n) is 4.65. The molecule has 1 fully saturated rings. The highest BCUT2D eigenvalue weighted by atomic mass is 31.1. The molecule has 1 aliphatic rings. The Labute approximate surface area is 112 Å². The van der Waals surface area contributed by atoms with Gasteiger partial charge in [-0.15, -0.1) is 0 Å².